The van der Waals surface area contributed by atoms with Gasteiger partial charge in [-0.3, -0.25) is 9.59 Å². The lowest BCUT2D eigenvalue weighted by Crippen LogP contribution is -2.42. The van der Waals surface area contributed by atoms with Crippen molar-refractivity contribution < 1.29 is 23.5 Å². The number of hydrogen-bond donors (Lipinski definition) is 1. The molecule has 8 nitrogen and oxygen atoms in total. The van der Waals surface area contributed by atoms with Gasteiger partial charge in [-0.15, -0.1) is 0 Å². The molecule has 204 valence electrons. The highest BCUT2D eigenvalue weighted by Crippen LogP contribution is 2.35. The molecule has 0 aliphatic carbocycles. The Kier molecular flexibility index (Phi) is 8.26. The van der Waals surface area contributed by atoms with Crippen LogP contribution in [0.1, 0.15) is 28.6 Å². The van der Waals surface area contributed by atoms with Crippen LogP contribution >= 0.6 is 11.8 Å². The molecule has 0 spiro atoms. The quantitative estimate of drug-likeness (QED) is 0.215. The maximum absolute atomic E-state index is 14.4. The molecule has 1 N–H and O–H groups in total. The highest BCUT2D eigenvalue weighted by atomic mass is 32.2. The Bertz CT molecular complexity index is 1520. The van der Waals surface area contributed by atoms with Crippen molar-refractivity contribution in [1.29, 1.82) is 0 Å². The van der Waals surface area contributed by atoms with Crippen LogP contribution in [-0.2, 0) is 16.1 Å². The number of carbonyl (C=O) groups is 2. The van der Waals surface area contributed by atoms with E-state index in [1.54, 1.807) is 24.3 Å². The first kappa shape index (κ1) is 27.1. The van der Waals surface area contributed by atoms with Gasteiger partial charge in [0.25, 0.3) is 5.91 Å². The summed E-state index contributed by atoms with van der Waals surface area (Å²) in [4.78, 5) is 38.0. The highest BCUT2D eigenvalue weighted by Gasteiger charge is 2.32. The van der Waals surface area contributed by atoms with Gasteiger partial charge in [0.05, 0.1) is 5.75 Å². The van der Waals surface area contributed by atoms with E-state index < -0.39 is 17.8 Å². The Labute approximate surface area is 235 Å². The second kappa shape index (κ2) is 12.2. The molecule has 2 heterocycles. The molecule has 10 heteroatoms. The average molecular weight is 559 g/mol. The predicted octanol–water partition coefficient (Wildman–Crippen LogP) is 5.46. The number of anilines is 1. The van der Waals surface area contributed by atoms with Crippen LogP contribution in [0.25, 0.3) is 0 Å². The van der Waals surface area contributed by atoms with E-state index in [4.69, 9.17) is 9.47 Å². The van der Waals surface area contributed by atoms with Crippen molar-refractivity contribution in [2.75, 3.05) is 17.9 Å². The number of thioether (sulfide) groups is 1. The first-order valence-electron chi connectivity index (χ1n) is 12.6. The molecule has 1 aliphatic heterocycles. The number of amides is 2. The molecule has 0 radical (unpaired) electrons. The van der Waals surface area contributed by atoms with Crippen LogP contribution < -0.4 is 14.8 Å². The molecule has 2 amide bonds. The molecule has 1 atom stereocenters. The molecule has 1 unspecified atom stereocenters. The number of nitrogens with one attached hydrogen (secondary N) is 1. The van der Waals surface area contributed by atoms with Crippen LogP contribution in [0.15, 0.2) is 84.0 Å². The maximum Gasteiger partial charge on any atom is 0.251 e. The summed E-state index contributed by atoms with van der Waals surface area (Å²) in [6, 6.07) is 20.8. The minimum Gasteiger partial charge on any atom is -0.454 e. The van der Waals surface area contributed by atoms with Crippen molar-refractivity contribution in [2.24, 2.45) is 0 Å². The molecule has 40 heavy (non-hydrogen) atoms. The number of carbonyl (C=O) groups excluding carboxylic acids is 2. The lowest BCUT2D eigenvalue weighted by molar-refractivity contribution is -0.137. The molecular weight excluding hydrogens is 531 g/mol. The van der Waals surface area contributed by atoms with Crippen molar-refractivity contribution in [2.45, 2.75) is 31.6 Å². The first-order chi connectivity index (χ1) is 19.4. The molecule has 0 bridgehead atoms. The third-order valence-electron chi connectivity index (χ3n) is 6.17. The molecule has 0 saturated carbocycles. The van der Waals surface area contributed by atoms with Crippen LogP contribution in [0.3, 0.4) is 0 Å². The molecule has 5 rings (SSSR count). The Morgan fingerprint density at radius 2 is 1.70 bits per heavy atom. The van der Waals surface area contributed by atoms with E-state index in [0.717, 1.165) is 17.0 Å². The van der Waals surface area contributed by atoms with Gasteiger partial charge in [-0.1, -0.05) is 54.2 Å². The molecule has 4 aromatic rings. The van der Waals surface area contributed by atoms with Gasteiger partial charge in [-0.05, 0) is 55.3 Å². The summed E-state index contributed by atoms with van der Waals surface area (Å²) in [6.07, 6.45) is 0. The van der Waals surface area contributed by atoms with Gasteiger partial charge < -0.3 is 19.7 Å². The average Bonchev–Trinajstić information content (AvgIpc) is 3.39. The minimum atomic E-state index is -1.13. The number of fused-ring (bicyclic) bond motifs is 1. The number of aryl methyl sites for hydroxylation is 2. The highest BCUT2D eigenvalue weighted by molar-refractivity contribution is 7.99. The topological polar surface area (TPSA) is 93.7 Å². The fourth-order valence-electron chi connectivity index (χ4n) is 4.41. The summed E-state index contributed by atoms with van der Waals surface area (Å²) in [6.45, 7) is 3.95. The summed E-state index contributed by atoms with van der Waals surface area (Å²) in [5, 5.41) is 3.35. The van der Waals surface area contributed by atoms with Crippen LogP contribution in [0.5, 0.6) is 11.5 Å². The second-order valence-corrected chi connectivity index (χ2v) is 10.2. The van der Waals surface area contributed by atoms with E-state index in [-0.39, 0.29) is 25.0 Å². The van der Waals surface area contributed by atoms with Gasteiger partial charge in [0.15, 0.2) is 16.7 Å². The van der Waals surface area contributed by atoms with E-state index in [2.05, 4.69) is 15.3 Å². The molecule has 1 aliphatic rings. The number of ether oxygens (including phenoxy) is 2. The third-order valence-corrected chi connectivity index (χ3v) is 7.00. The maximum atomic E-state index is 14.4. The number of hydrogen-bond acceptors (Lipinski definition) is 7. The minimum absolute atomic E-state index is 0.0150. The zero-order chi connectivity index (χ0) is 28.1. The predicted molar refractivity (Wildman–Crippen MR) is 150 cm³/mol. The Balaban J connectivity index is 1.48. The van der Waals surface area contributed by atoms with Gasteiger partial charge >= 0.3 is 0 Å². The first-order valence-corrected chi connectivity index (χ1v) is 13.6. The number of benzene rings is 3. The SMILES string of the molecule is Cc1cc(C)nc(SCC(=O)N(Cc2ccccc2)C(C(=O)Nc2ccc3c(c2)OCO3)c2cccc(F)c2)n1. The Morgan fingerprint density at radius 1 is 0.950 bits per heavy atom. The van der Waals surface area contributed by atoms with E-state index in [1.165, 1.54) is 34.9 Å². The lowest BCUT2D eigenvalue weighted by Gasteiger charge is -2.31. The standard InChI is InChI=1S/C30H27FN4O4S/c1-19-13-20(2)33-30(32-19)40-17-27(36)35(16-21-7-4-3-5-8-21)28(22-9-6-10-23(31)14-22)29(37)34-24-11-12-25-26(15-24)39-18-38-25/h3-15,28H,16-18H2,1-2H3,(H,34,37). The van der Waals surface area contributed by atoms with Crippen LogP contribution in [0, 0.1) is 19.7 Å². The summed E-state index contributed by atoms with van der Waals surface area (Å²) < 4.78 is 25.2. The second-order valence-electron chi connectivity index (χ2n) is 9.24. The van der Waals surface area contributed by atoms with Crippen molar-refractivity contribution in [1.82, 2.24) is 14.9 Å². The number of aromatic nitrogens is 2. The van der Waals surface area contributed by atoms with E-state index in [1.807, 2.05) is 50.2 Å². The third kappa shape index (κ3) is 6.58. The van der Waals surface area contributed by atoms with Crippen molar-refractivity contribution >= 4 is 29.3 Å². The van der Waals surface area contributed by atoms with E-state index in [0.29, 0.717) is 27.9 Å². The summed E-state index contributed by atoms with van der Waals surface area (Å²) in [5.74, 6) is -0.274. The normalized spacial score (nSPS) is 12.6. The largest absolute Gasteiger partial charge is 0.454 e. The molecule has 0 saturated heterocycles. The number of rotatable bonds is 9. The zero-order valence-corrected chi connectivity index (χ0v) is 22.8. The fraction of sp³-hybridized carbons (Fsp3) is 0.200. The van der Waals surface area contributed by atoms with Gasteiger partial charge in [-0.2, -0.15) is 0 Å². The molecular formula is C30H27FN4O4S. The summed E-state index contributed by atoms with van der Waals surface area (Å²) in [5.41, 5.74) is 3.21. The van der Waals surface area contributed by atoms with Gasteiger partial charge in [0.1, 0.15) is 11.9 Å². The van der Waals surface area contributed by atoms with Gasteiger partial charge in [0.2, 0.25) is 12.7 Å². The van der Waals surface area contributed by atoms with Crippen LogP contribution in [0.2, 0.25) is 0 Å². The van der Waals surface area contributed by atoms with E-state index in [9.17, 15) is 14.0 Å². The number of nitrogens with zero attached hydrogens (tertiary/aromatic N) is 3. The van der Waals surface area contributed by atoms with E-state index >= 15 is 0 Å². The molecule has 3 aromatic carbocycles. The van der Waals surface area contributed by atoms with Crippen molar-refractivity contribution in [3.8, 4) is 11.5 Å². The molecule has 0 fully saturated rings. The molecule has 1 aromatic heterocycles. The monoisotopic (exact) mass is 558 g/mol. The summed E-state index contributed by atoms with van der Waals surface area (Å²) >= 11 is 1.19. The van der Waals surface area contributed by atoms with Gasteiger partial charge in [0, 0.05) is 29.7 Å². The Hall–Kier alpha value is -4.44. The van der Waals surface area contributed by atoms with Gasteiger partial charge in [-0.25, -0.2) is 14.4 Å². The van der Waals surface area contributed by atoms with Crippen molar-refractivity contribution in [3.63, 3.8) is 0 Å². The summed E-state index contributed by atoms with van der Waals surface area (Å²) in [7, 11) is 0. The lowest BCUT2D eigenvalue weighted by atomic mass is 10.0. The van der Waals surface area contributed by atoms with Crippen LogP contribution in [0.4, 0.5) is 10.1 Å². The Morgan fingerprint density at radius 3 is 2.45 bits per heavy atom. The van der Waals surface area contributed by atoms with Crippen LogP contribution in [-0.4, -0.2) is 39.2 Å². The zero-order valence-electron chi connectivity index (χ0n) is 22.0. The fourth-order valence-corrected chi connectivity index (χ4v) is 5.24. The van der Waals surface area contributed by atoms with Crippen molar-refractivity contribution in [3.05, 3.63) is 107 Å². The smallest absolute Gasteiger partial charge is 0.251 e. The number of halogens is 1.